The number of carbonyl (C=O) groups excluding carboxylic acids is 2. The van der Waals surface area contributed by atoms with E-state index in [9.17, 15) is 9.59 Å². The molecule has 2 amide bonds. The fourth-order valence-electron chi connectivity index (χ4n) is 1.92. The maximum Gasteiger partial charge on any atom is 0.261 e. The van der Waals surface area contributed by atoms with Crippen LogP contribution < -0.4 is 10.2 Å². The lowest BCUT2D eigenvalue weighted by molar-refractivity contribution is -0.116. The van der Waals surface area contributed by atoms with E-state index in [1.54, 1.807) is 24.3 Å². The van der Waals surface area contributed by atoms with Crippen molar-refractivity contribution in [2.45, 2.75) is 6.92 Å². The number of carbonyl (C=O) groups is 2. The quantitative estimate of drug-likeness (QED) is 0.884. The van der Waals surface area contributed by atoms with E-state index in [-0.39, 0.29) is 11.8 Å². The van der Waals surface area contributed by atoms with Crippen LogP contribution in [0.3, 0.4) is 0 Å². The molecule has 0 saturated carbocycles. The van der Waals surface area contributed by atoms with Crippen molar-refractivity contribution in [3.05, 3.63) is 50.6 Å². The van der Waals surface area contributed by atoms with Gasteiger partial charge in [-0.2, -0.15) is 0 Å². The van der Waals surface area contributed by atoms with Crippen LogP contribution in [0.2, 0.25) is 10.0 Å². The van der Waals surface area contributed by atoms with Crippen molar-refractivity contribution < 1.29 is 9.59 Å². The third-order valence-corrected chi connectivity index (χ3v) is 4.65. The third-order valence-electron chi connectivity index (χ3n) is 2.97. The van der Waals surface area contributed by atoms with Crippen LogP contribution in [0.15, 0.2) is 35.7 Å². The van der Waals surface area contributed by atoms with Gasteiger partial charge in [-0.15, -0.1) is 11.3 Å². The molecule has 4 nitrogen and oxygen atoms in total. The molecule has 0 saturated heterocycles. The van der Waals surface area contributed by atoms with Crippen LogP contribution in [0, 0.1) is 0 Å². The van der Waals surface area contributed by atoms with Gasteiger partial charge in [0.25, 0.3) is 5.91 Å². The molecule has 0 radical (unpaired) electrons. The van der Waals surface area contributed by atoms with Gasteiger partial charge in [0.05, 0.1) is 20.6 Å². The highest BCUT2D eigenvalue weighted by Crippen LogP contribution is 2.32. The molecular formula is C15H14Cl2N2O2S. The lowest BCUT2D eigenvalue weighted by Crippen LogP contribution is -2.37. The summed E-state index contributed by atoms with van der Waals surface area (Å²) in [4.78, 5) is 25.8. The van der Waals surface area contributed by atoms with Gasteiger partial charge in [0.15, 0.2) is 0 Å². The SMILES string of the molecule is CC(=O)N(CCNC(=O)c1cccs1)c1cccc(Cl)c1Cl. The van der Waals surface area contributed by atoms with Crippen LogP contribution in [-0.4, -0.2) is 24.9 Å². The van der Waals surface area contributed by atoms with Crippen molar-refractivity contribution in [3.8, 4) is 0 Å². The number of halogens is 2. The molecule has 1 aromatic heterocycles. The van der Waals surface area contributed by atoms with Crippen molar-refractivity contribution in [2.75, 3.05) is 18.0 Å². The first kappa shape index (κ1) is 16.8. The Bertz CT molecular complexity index is 674. The molecule has 0 aliphatic rings. The standard InChI is InChI=1S/C15H14Cl2N2O2S/c1-10(20)19(12-5-2-4-11(16)14(12)17)8-7-18-15(21)13-6-3-9-22-13/h2-6,9H,7-8H2,1H3,(H,18,21). The van der Waals surface area contributed by atoms with E-state index in [2.05, 4.69) is 5.32 Å². The van der Waals surface area contributed by atoms with Gasteiger partial charge >= 0.3 is 0 Å². The van der Waals surface area contributed by atoms with Crippen molar-refractivity contribution in [3.63, 3.8) is 0 Å². The van der Waals surface area contributed by atoms with Gasteiger partial charge in [-0.05, 0) is 23.6 Å². The van der Waals surface area contributed by atoms with E-state index in [0.29, 0.717) is 33.7 Å². The van der Waals surface area contributed by atoms with Gasteiger partial charge in [0.1, 0.15) is 0 Å². The molecule has 0 unspecified atom stereocenters. The molecule has 2 rings (SSSR count). The Hall–Kier alpha value is -1.56. The number of thiophene rings is 1. The van der Waals surface area contributed by atoms with E-state index >= 15 is 0 Å². The average Bonchev–Trinajstić information content (AvgIpc) is 3.01. The summed E-state index contributed by atoms with van der Waals surface area (Å²) in [7, 11) is 0. The highest BCUT2D eigenvalue weighted by molar-refractivity contribution is 7.12. The molecule has 1 N–H and O–H groups in total. The fraction of sp³-hybridized carbons (Fsp3) is 0.200. The molecule has 1 heterocycles. The Morgan fingerprint density at radius 3 is 2.64 bits per heavy atom. The minimum atomic E-state index is -0.172. The first-order valence-electron chi connectivity index (χ1n) is 6.54. The van der Waals surface area contributed by atoms with Gasteiger partial charge in [-0.3, -0.25) is 9.59 Å². The first-order valence-corrected chi connectivity index (χ1v) is 8.18. The molecular weight excluding hydrogens is 343 g/mol. The zero-order valence-electron chi connectivity index (χ0n) is 11.8. The number of benzene rings is 1. The number of hydrogen-bond donors (Lipinski definition) is 1. The zero-order valence-corrected chi connectivity index (χ0v) is 14.1. The largest absolute Gasteiger partial charge is 0.350 e. The summed E-state index contributed by atoms with van der Waals surface area (Å²) >= 11 is 13.5. The minimum Gasteiger partial charge on any atom is -0.350 e. The molecule has 2 aromatic rings. The van der Waals surface area contributed by atoms with Crippen LogP contribution in [0.5, 0.6) is 0 Å². The van der Waals surface area contributed by atoms with Crippen molar-refractivity contribution >= 4 is 52.0 Å². The number of amides is 2. The smallest absolute Gasteiger partial charge is 0.261 e. The number of anilines is 1. The second kappa shape index (κ2) is 7.63. The summed E-state index contributed by atoms with van der Waals surface area (Å²) in [6.45, 7) is 2.07. The summed E-state index contributed by atoms with van der Waals surface area (Å²) in [5.74, 6) is -0.328. The highest BCUT2D eigenvalue weighted by Gasteiger charge is 2.16. The van der Waals surface area contributed by atoms with Crippen LogP contribution in [0.4, 0.5) is 5.69 Å². The maximum atomic E-state index is 11.9. The summed E-state index contributed by atoms with van der Waals surface area (Å²) in [5, 5.41) is 5.32. The van der Waals surface area contributed by atoms with Gasteiger partial charge in [0.2, 0.25) is 5.91 Å². The first-order chi connectivity index (χ1) is 10.5. The Morgan fingerprint density at radius 1 is 1.23 bits per heavy atom. The van der Waals surface area contributed by atoms with E-state index in [0.717, 1.165) is 0 Å². The molecule has 0 atom stereocenters. The summed E-state index contributed by atoms with van der Waals surface area (Å²) < 4.78 is 0. The van der Waals surface area contributed by atoms with Crippen molar-refractivity contribution in [2.24, 2.45) is 0 Å². The van der Waals surface area contributed by atoms with Gasteiger partial charge in [-0.1, -0.05) is 35.3 Å². The fourth-order valence-corrected chi connectivity index (χ4v) is 2.96. The molecule has 1 aromatic carbocycles. The molecule has 0 spiro atoms. The Morgan fingerprint density at radius 2 is 2.00 bits per heavy atom. The number of rotatable bonds is 5. The van der Waals surface area contributed by atoms with Gasteiger partial charge < -0.3 is 10.2 Å². The number of hydrogen-bond acceptors (Lipinski definition) is 3. The van der Waals surface area contributed by atoms with Crippen LogP contribution >= 0.6 is 34.5 Å². The van der Waals surface area contributed by atoms with Gasteiger partial charge in [0, 0.05) is 20.0 Å². The Kier molecular flexibility index (Phi) is 5.83. The second-order valence-corrected chi connectivity index (χ2v) is 6.21. The molecule has 0 aliphatic heterocycles. The van der Waals surface area contributed by atoms with E-state index in [1.807, 2.05) is 11.4 Å². The topological polar surface area (TPSA) is 49.4 Å². The average molecular weight is 357 g/mol. The molecule has 0 fully saturated rings. The van der Waals surface area contributed by atoms with Crippen LogP contribution in [-0.2, 0) is 4.79 Å². The zero-order chi connectivity index (χ0) is 16.1. The number of nitrogens with one attached hydrogen (secondary N) is 1. The van der Waals surface area contributed by atoms with E-state index in [1.165, 1.54) is 23.2 Å². The molecule has 22 heavy (non-hydrogen) atoms. The van der Waals surface area contributed by atoms with Gasteiger partial charge in [-0.25, -0.2) is 0 Å². The third kappa shape index (κ3) is 4.00. The van der Waals surface area contributed by atoms with Crippen molar-refractivity contribution in [1.29, 1.82) is 0 Å². The number of nitrogens with zero attached hydrogens (tertiary/aromatic N) is 1. The van der Waals surface area contributed by atoms with Crippen molar-refractivity contribution in [1.82, 2.24) is 5.32 Å². The Balaban J connectivity index is 2.02. The predicted molar refractivity (Wildman–Crippen MR) is 91.1 cm³/mol. The van der Waals surface area contributed by atoms with E-state index < -0.39 is 0 Å². The maximum absolute atomic E-state index is 11.9. The van der Waals surface area contributed by atoms with Crippen LogP contribution in [0.25, 0.3) is 0 Å². The molecule has 116 valence electrons. The Labute approximate surface area is 142 Å². The monoisotopic (exact) mass is 356 g/mol. The second-order valence-electron chi connectivity index (χ2n) is 4.48. The summed E-state index contributed by atoms with van der Waals surface area (Å²) in [5.41, 5.74) is 0.534. The minimum absolute atomic E-state index is 0.157. The molecule has 0 bridgehead atoms. The highest BCUT2D eigenvalue weighted by atomic mass is 35.5. The summed E-state index contributed by atoms with van der Waals surface area (Å²) in [6, 6.07) is 8.66. The lowest BCUT2D eigenvalue weighted by atomic mass is 10.2. The molecule has 7 heteroatoms. The normalized spacial score (nSPS) is 10.3. The summed E-state index contributed by atoms with van der Waals surface area (Å²) in [6.07, 6.45) is 0. The predicted octanol–water partition coefficient (Wildman–Crippen LogP) is 3.84. The van der Waals surface area contributed by atoms with Crippen LogP contribution in [0.1, 0.15) is 16.6 Å². The lowest BCUT2D eigenvalue weighted by Gasteiger charge is -2.22. The van der Waals surface area contributed by atoms with E-state index in [4.69, 9.17) is 23.2 Å². The molecule has 0 aliphatic carbocycles.